The van der Waals surface area contributed by atoms with Crippen LogP contribution in [0.2, 0.25) is 0 Å². The topological polar surface area (TPSA) is 359 Å². The summed E-state index contributed by atoms with van der Waals surface area (Å²) >= 11 is 0. The third kappa shape index (κ3) is 8.43. The first-order valence-electron chi connectivity index (χ1n) is 14.0. The molecule has 3 saturated heterocycles. The Balaban J connectivity index is 1.78. The molecule has 0 radical (unpaired) electrons. The van der Waals surface area contributed by atoms with Crippen molar-refractivity contribution in [1.29, 1.82) is 0 Å². The summed E-state index contributed by atoms with van der Waals surface area (Å²) in [4.78, 5) is 0. The van der Waals surface area contributed by atoms with Crippen molar-refractivity contribution in [1.82, 2.24) is 0 Å². The molecular weight excluding hydrogens is 624 g/mol. The normalized spacial score (nSPS) is 45.5. The van der Waals surface area contributed by atoms with Crippen LogP contribution in [0.1, 0.15) is 0 Å². The molecule has 3 aliphatic heterocycles. The summed E-state index contributed by atoms with van der Waals surface area (Å²) in [6.07, 6.45) is -35.2. The van der Waals surface area contributed by atoms with Gasteiger partial charge in [0.05, 0.1) is 33.0 Å². The molecule has 3 rings (SSSR count). The summed E-state index contributed by atoms with van der Waals surface area (Å²) in [7, 11) is 0. The standard InChI is InChI=1S/C24H44O21/c25-1-6(30)11(32)19(7(31)2-26)43-24-18(39)21(13(34)9(4-28)41-24)45-23-17(38)15(36)20(10(5-29)42-23)44-22-16(37)14(35)12(33)8(3-27)40-22/h6-39H,1-5H2/t6-,7+,8+,9+,10+,11+,12+,13+,14-,15+,16+,17+,18+,19+,20+,21-,22-,23-,24-/m0/s1. The Morgan fingerprint density at radius 1 is 0.467 bits per heavy atom. The molecule has 21 nitrogen and oxygen atoms in total. The van der Waals surface area contributed by atoms with E-state index in [0.29, 0.717) is 0 Å². The van der Waals surface area contributed by atoms with Crippen molar-refractivity contribution in [3.05, 3.63) is 0 Å². The molecule has 0 unspecified atom stereocenters. The van der Waals surface area contributed by atoms with E-state index in [2.05, 4.69) is 0 Å². The maximum atomic E-state index is 11.0. The van der Waals surface area contributed by atoms with Gasteiger partial charge >= 0.3 is 0 Å². The van der Waals surface area contributed by atoms with Gasteiger partial charge < -0.3 is 105 Å². The largest absolute Gasteiger partial charge is 0.394 e. The zero-order valence-electron chi connectivity index (χ0n) is 23.7. The second-order valence-corrected chi connectivity index (χ2v) is 10.9. The Bertz CT molecular complexity index is 869. The van der Waals surface area contributed by atoms with Gasteiger partial charge in [-0.05, 0) is 0 Å². The Hall–Kier alpha value is -0.840. The molecule has 0 amide bonds. The molecule has 266 valence electrons. The number of rotatable bonds is 14. The van der Waals surface area contributed by atoms with Gasteiger partial charge in [-0.25, -0.2) is 0 Å². The summed E-state index contributed by atoms with van der Waals surface area (Å²) in [5.41, 5.74) is 0. The fourth-order valence-electron chi connectivity index (χ4n) is 5.13. The highest BCUT2D eigenvalue weighted by atomic mass is 16.8. The van der Waals surface area contributed by atoms with E-state index in [9.17, 15) is 71.5 Å². The van der Waals surface area contributed by atoms with Crippen LogP contribution in [0.3, 0.4) is 0 Å². The minimum atomic E-state index is -2.08. The molecule has 0 saturated carbocycles. The number of aliphatic hydroxyl groups is 15. The second kappa shape index (κ2) is 17.0. The molecule has 0 bridgehead atoms. The lowest BCUT2D eigenvalue weighted by Crippen LogP contribution is -2.67. The lowest BCUT2D eigenvalue weighted by Gasteiger charge is -2.48. The van der Waals surface area contributed by atoms with Gasteiger partial charge in [0.2, 0.25) is 0 Å². The Morgan fingerprint density at radius 2 is 0.933 bits per heavy atom. The molecule has 45 heavy (non-hydrogen) atoms. The zero-order valence-corrected chi connectivity index (χ0v) is 23.7. The van der Waals surface area contributed by atoms with Crippen LogP contribution in [0.5, 0.6) is 0 Å². The van der Waals surface area contributed by atoms with Gasteiger partial charge in [0.25, 0.3) is 0 Å². The number of ether oxygens (including phenoxy) is 6. The molecule has 0 aliphatic carbocycles. The predicted molar refractivity (Wildman–Crippen MR) is 136 cm³/mol. The van der Waals surface area contributed by atoms with Gasteiger partial charge in [0, 0.05) is 0 Å². The smallest absolute Gasteiger partial charge is 0.187 e. The molecule has 19 atom stereocenters. The molecular formula is C24H44O21. The molecule has 3 heterocycles. The van der Waals surface area contributed by atoms with Gasteiger partial charge in [-0.2, -0.15) is 0 Å². The summed E-state index contributed by atoms with van der Waals surface area (Å²) in [5, 5.41) is 151. The molecule has 0 aromatic rings. The minimum Gasteiger partial charge on any atom is -0.394 e. The molecule has 21 heteroatoms. The van der Waals surface area contributed by atoms with E-state index < -0.39 is 150 Å². The van der Waals surface area contributed by atoms with E-state index in [-0.39, 0.29) is 0 Å². The van der Waals surface area contributed by atoms with Crippen LogP contribution in [0.15, 0.2) is 0 Å². The van der Waals surface area contributed by atoms with Crippen molar-refractivity contribution < 1.29 is 105 Å². The van der Waals surface area contributed by atoms with Crippen molar-refractivity contribution in [2.45, 2.75) is 117 Å². The van der Waals surface area contributed by atoms with Crippen LogP contribution >= 0.6 is 0 Å². The fraction of sp³-hybridized carbons (Fsp3) is 1.00. The average Bonchev–Trinajstić information content (AvgIpc) is 3.04. The molecule has 0 aromatic heterocycles. The first-order chi connectivity index (χ1) is 21.2. The monoisotopic (exact) mass is 668 g/mol. The van der Waals surface area contributed by atoms with Gasteiger partial charge in [0.1, 0.15) is 97.7 Å². The quantitative estimate of drug-likeness (QED) is 0.0816. The van der Waals surface area contributed by atoms with Crippen LogP contribution in [-0.2, 0) is 28.4 Å². The van der Waals surface area contributed by atoms with E-state index in [1.165, 1.54) is 0 Å². The number of hydrogen-bond donors (Lipinski definition) is 15. The van der Waals surface area contributed by atoms with Gasteiger partial charge in [-0.3, -0.25) is 0 Å². The zero-order chi connectivity index (χ0) is 33.7. The minimum absolute atomic E-state index is 0.799. The molecule has 0 aromatic carbocycles. The van der Waals surface area contributed by atoms with Crippen molar-refractivity contribution in [3.63, 3.8) is 0 Å². The SMILES string of the molecule is OC[C@@H](O)[C@@H](O[C@@H]1O[C@H](CO)[C@@H](O)[C@H](O[C@@H]2O[C@H](CO)[C@@H](O[C@@H]3O[C@H](CO)[C@@H](O)[C@H](O)[C@H]3O)[C@H](O)[C@H]2O)[C@H]1O)[C@H](O)[C@@H](O)CO. The van der Waals surface area contributed by atoms with Crippen molar-refractivity contribution >= 4 is 0 Å². The highest BCUT2D eigenvalue weighted by Crippen LogP contribution is 2.33. The highest BCUT2D eigenvalue weighted by molar-refractivity contribution is 4.97. The maximum Gasteiger partial charge on any atom is 0.187 e. The third-order valence-electron chi connectivity index (χ3n) is 7.85. The van der Waals surface area contributed by atoms with E-state index >= 15 is 0 Å². The highest BCUT2D eigenvalue weighted by Gasteiger charge is 2.54. The lowest BCUT2D eigenvalue weighted by atomic mass is 9.96. The van der Waals surface area contributed by atoms with E-state index in [0.717, 1.165) is 0 Å². The van der Waals surface area contributed by atoms with Crippen molar-refractivity contribution in [2.75, 3.05) is 33.0 Å². The number of aliphatic hydroxyl groups excluding tert-OH is 15. The predicted octanol–water partition coefficient (Wildman–Crippen LogP) is -10.1. The Labute approximate surface area is 255 Å². The van der Waals surface area contributed by atoms with E-state index in [1.807, 2.05) is 0 Å². The van der Waals surface area contributed by atoms with Crippen LogP contribution in [-0.4, -0.2) is 226 Å². The average molecular weight is 669 g/mol. The van der Waals surface area contributed by atoms with Crippen LogP contribution in [0.25, 0.3) is 0 Å². The van der Waals surface area contributed by atoms with Crippen LogP contribution in [0.4, 0.5) is 0 Å². The molecule has 3 fully saturated rings. The maximum absolute atomic E-state index is 11.0. The summed E-state index contributed by atoms with van der Waals surface area (Å²) in [6.45, 7) is -4.67. The summed E-state index contributed by atoms with van der Waals surface area (Å²) in [6, 6.07) is 0. The first kappa shape index (κ1) is 38.6. The Morgan fingerprint density at radius 3 is 1.47 bits per heavy atom. The van der Waals surface area contributed by atoms with Crippen molar-refractivity contribution in [2.24, 2.45) is 0 Å². The molecule has 15 N–H and O–H groups in total. The lowest BCUT2D eigenvalue weighted by molar-refractivity contribution is -0.383. The van der Waals surface area contributed by atoms with Crippen molar-refractivity contribution in [3.8, 4) is 0 Å². The number of hydrogen-bond acceptors (Lipinski definition) is 21. The third-order valence-corrected chi connectivity index (χ3v) is 7.85. The molecule has 3 aliphatic rings. The Kier molecular flexibility index (Phi) is 14.6. The van der Waals surface area contributed by atoms with Crippen LogP contribution in [0, 0.1) is 0 Å². The second-order valence-electron chi connectivity index (χ2n) is 10.9. The van der Waals surface area contributed by atoms with Gasteiger partial charge in [0.15, 0.2) is 18.9 Å². The van der Waals surface area contributed by atoms with Gasteiger partial charge in [-0.15, -0.1) is 0 Å². The molecule has 0 spiro atoms. The van der Waals surface area contributed by atoms with E-state index in [1.54, 1.807) is 0 Å². The van der Waals surface area contributed by atoms with Gasteiger partial charge in [-0.1, -0.05) is 0 Å². The fourth-order valence-corrected chi connectivity index (χ4v) is 5.13. The van der Waals surface area contributed by atoms with E-state index in [4.69, 9.17) is 33.5 Å². The van der Waals surface area contributed by atoms with Crippen LogP contribution < -0.4 is 0 Å². The summed E-state index contributed by atoms with van der Waals surface area (Å²) in [5.74, 6) is 0. The first-order valence-corrected chi connectivity index (χ1v) is 14.0. The summed E-state index contributed by atoms with van der Waals surface area (Å²) < 4.78 is 32.4.